The standard InChI is InChI=1S/C14H21ClN2/c1-2-8-17(10-11-6-7-11)14-5-3-4-13(15)12(14)9-16/h3-5,11H,2,6-10,16H2,1H3. The SMILES string of the molecule is CCCN(CC1CC1)c1cccc(Cl)c1CN. The first-order valence-corrected chi connectivity index (χ1v) is 6.86. The van der Waals surface area contributed by atoms with Gasteiger partial charge in [0.05, 0.1) is 0 Å². The van der Waals surface area contributed by atoms with Crippen molar-refractivity contribution >= 4 is 17.3 Å². The van der Waals surface area contributed by atoms with Crippen LogP contribution in [0.1, 0.15) is 31.7 Å². The van der Waals surface area contributed by atoms with Gasteiger partial charge in [0.25, 0.3) is 0 Å². The molecule has 1 saturated carbocycles. The molecule has 1 aromatic rings. The highest BCUT2D eigenvalue weighted by Crippen LogP contribution is 2.34. The second kappa shape index (κ2) is 5.74. The van der Waals surface area contributed by atoms with Crippen LogP contribution in [0.2, 0.25) is 5.02 Å². The molecule has 0 saturated heterocycles. The normalized spacial score (nSPS) is 15.0. The van der Waals surface area contributed by atoms with E-state index in [2.05, 4.69) is 17.9 Å². The van der Waals surface area contributed by atoms with E-state index >= 15 is 0 Å². The summed E-state index contributed by atoms with van der Waals surface area (Å²) in [6.45, 7) is 4.97. The van der Waals surface area contributed by atoms with E-state index in [4.69, 9.17) is 17.3 Å². The third kappa shape index (κ3) is 3.14. The van der Waals surface area contributed by atoms with E-state index in [9.17, 15) is 0 Å². The molecule has 1 aliphatic carbocycles. The van der Waals surface area contributed by atoms with Crippen LogP contribution < -0.4 is 10.6 Å². The van der Waals surface area contributed by atoms with Crippen molar-refractivity contribution in [1.82, 2.24) is 0 Å². The van der Waals surface area contributed by atoms with E-state index in [1.807, 2.05) is 12.1 Å². The third-order valence-corrected chi connectivity index (χ3v) is 3.66. The van der Waals surface area contributed by atoms with Gasteiger partial charge in [-0.15, -0.1) is 0 Å². The molecule has 2 nitrogen and oxygen atoms in total. The van der Waals surface area contributed by atoms with Gasteiger partial charge in [-0.25, -0.2) is 0 Å². The van der Waals surface area contributed by atoms with Crippen molar-refractivity contribution in [1.29, 1.82) is 0 Å². The van der Waals surface area contributed by atoms with Gasteiger partial charge in [-0.1, -0.05) is 24.6 Å². The monoisotopic (exact) mass is 252 g/mol. The van der Waals surface area contributed by atoms with Crippen LogP contribution >= 0.6 is 11.6 Å². The smallest absolute Gasteiger partial charge is 0.0471 e. The van der Waals surface area contributed by atoms with Gasteiger partial charge in [-0.05, 0) is 37.3 Å². The molecule has 1 aliphatic rings. The highest BCUT2D eigenvalue weighted by atomic mass is 35.5. The Kier molecular flexibility index (Phi) is 4.30. The van der Waals surface area contributed by atoms with Gasteiger partial charge in [0.15, 0.2) is 0 Å². The average molecular weight is 253 g/mol. The quantitative estimate of drug-likeness (QED) is 0.841. The zero-order valence-electron chi connectivity index (χ0n) is 10.5. The first-order valence-electron chi connectivity index (χ1n) is 6.48. The molecule has 0 radical (unpaired) electrons. The Bertz CT molecular complexity index is 374. The van der Waals surface area contributed by atoms with Gasteiger partial charge < -0.3 is 10.6 Å². The molecule has 0 heterocycles. The van der Waals surface area contributed by atoms with E-state index in [-0.39, 0.29) is 0 Å². The van der Waals surface area contributed by atoms with Crippen LogP contribution in [0.5, 0.6) is 0 Å². The van der Waals surface area contributed by atoms with E-state index in [1.165, 1.54) is 18.5 Å². The minimum Gasteiger partial charge on any atom is -0.371 e. The highest BCUT2D eigenvalue weighted by molar-refractivity contribution is 6.31. The first kappa shape index (κ1) is 12.7. The third-order valence-electron chi connectivity index (χ3n) is 3.31. The Balaban J connectivity index is 2.23. The van der Waals surface area contributed by atoms with Crippen LogP contribution in [-0.4, -0.2) is 13.1 Å². The van der Waals surface area contributed by atoms with E-state index in [1.54, 1.807) is 0 Å². The molecule has 0 spiro atoms. The Hall–Kier alpha value is -0.730. The first-order chi connectivity index (χ1) is 8.26. The van der Waals surface area contributed by atoms with Crippen molar-refractivity contribution in [3.63, 3.8) is 0 Å². The predicted octanol–water partition coefficient (Wildman–Crippen LogP) is 3.43. The average Bonchev–Trinajstić information content (AvgIpc) is 3.12. The fourth-order valence-corrected chi connectivity index (χ4v) is 2.48. The van der Waals surface area contributed by atoms with Crippen molar-refractivity contribution < 1.29 is 0 Å². The van der Waals surface area contributed by atoms with Crippen molar-refractivity contribution in [2.45, 2.75) is 32.7 Å². The molecule has 0 unspecified atom stereocenters. The maximum Gasteiger partial charge on any atom is 0.0471 e. The van der Waals surface area contributed by atoms with E-state index < -0.39 is 0 Å². The zero-order chi connectivity index (χ0) is 12.3. The number of halogens is 1. The fourth-order valence-electron chi connectivity index (χ4n) is 2.24. The van der Waals surface area contributed by atoms with Gasteiger partial charge in [-0.3, -0.25) is 0 Å². The van der Waals surface area contributed by atoms with Crippen LogP contribution in [-0.2, 0) is 6.54 Å². The highest BCUT2D eigenvalue weighted by Gasteiger charge is 2.25. The molecule has 1 aromatic carbocycles. The Morgan fingerprint density at radius 1 is 1.41 bits per heavy atom. The lowest BCUT2D eigenvalue weighted by Gasteiger charge is -2.27. The fraction of sp³-hybridized carbons (Fsp3) is 0.571. The molecule has 17 heavy (non-hydrogen) atoms. The summed E-state index contributed by atoms with van der Waals surface area (Å²) < 4.78 is 0. The number of benzene rings is 1. The van der Waals surface area contributed by atoms with Gasteiger partial charge in [0.2, 0.25) is 0 Å². The van der Waals surface area contributed by atoms with Crippen molar-refractivity contribution in [3.05, 3.63) is 28.8 Å². The number of hydrogen-bond donors (Lipinski definition) is 1. The lowest BCUT2D eigenvalue weighted by atomic mass is 10.1. The molecule has 0 aromatic heterocycles. The van der Waals surface area contributed by atoms with Crippen LogP contribution in [0, 0.1) is 5.92 Å². The number of anilines is 1. The summed E-state index contributed by atoms with van der Waals surface area (Å²) in [5, 5.41) is 0.793. The van der Waals surface area contributed by atoms with Gasteiger partial charge in [0.1, 0.15) is 0 Å². The molecule has 94 valence electrons. The van der Waals surface area contributed by atoms with Crippen LogP contribution in [0.4, 0.5) is 5.69 Å². The Labute approximate surface area is 109 Å². The molecular weight excluding hydrogens is 232 g/mol. The Morgan fingerprint density at radius 2 is 2.18 bits per heavy atom. The molecule has 3 heteroatoms. The second-order valence-electron chi connectivity index (χ2n) is 4.83. The van der Waals surface area contributed by atoms with E-state index in [0.717, 1.165) is 36.0 Å². The van der Waals surface area contributed by atoms with Crippen molar-refractivity contribution in [2.24, 2.45) is 11.7 Å². The molecule has 0 atom stereocenters. The molecule has 0 aliphatic heterocycles. The summed E-state index contributed by atoms with van der Waals surface area (Å²) in [7, 11) is 0. The minimum atomic E-state index is 0.514. The summed E-state index contributed by atoms with van der Waals surface area (Å²) >= 11 is 6.22. The summed E-state index contributed by atoms with van der Waals surface area (Å²) in [5.41, 5.74) is 8.14. The number of nitrogens with two attached hydrogens (primary N) is 1. The molecule has 1 fully saturated rings. The summed E-state index contributed by atoms with van der Waals surface area (Å²) in [4.78, 5) is 2.45. The van der Waals surface area contributed by atoms with E-state index in [0.29, 0.717) is 6.54 Å². The maximum absolute atomic E-state index is 6.22. The molecule has 2 rings (SSSR count). The largest absolute Gasteiger partial charge is 0.371 e. The summed E-state index contributed by atoms with van der Waals surface area (Å²) in [5.74, 6) is 0.881. The number of hydrogen-bond acceptors (Lipinski definition) is 2. The molecule has 0 amide bonds. The number of rotatable bonds is 6. The van der Waals surface area contributed by atoms with Gasteiger partial charge >= 0.3 is 0 Å². The van der Waals surface area contributed by atoms with Crippen LogP contribution in [0.15, 0.2) is 18.2 Å². The molecule has 0 bridgehead atoms. The van der Waals surface area contributed by atoms with Gasteiger partial charge in [0, 0.05) is 35.9 Å². The molecular formula is C14H21ClN2. The predicted molar refractivity (Wildman–Crippen MR) is 74.6 cm³/mol. The number of nitrogens with zero attached hydrogens (tertiary/aromatic N) is 1. The molecule has 2 N–H and O–H groups in total. The van der Waals surface area contributed by atoms with Crippen molar-refractivity contribution in [2.75, 3.05) is 18.0 Å². The Morgan fingerprint density at radius 3 is 2.76 bits per heavy atom. The van der Waals surface area contributed by atoms with Crippen LogP contribution in [0.25, 0.3) is 0 Å². The maximum atomic E-state index is 6.22. The van der Waals surface area contributed by atoms with Gasteiger partial charge in [-0.2, -0.15) is 0 Å². The zero-order valence-corrected chi connectivity index (χ0v) is 11.2. The lowest BCUT2D eigenvalue weighted by Crippen LogP contribution is -2.28. The van der Waals surface area contributed by atoms with Crippen molar-refractivity contribution in [3.8, 4) is 0 Å². The second-order valence-corrected chi connectivity index (χ2v) is 5.24. The summed E-state index contributed by atoms with van der Waals surface area (Å²) in [6.07, 6.45) is 3.90. The lowest BCUT2D eigenvalue weighted by molar-refractivity contribution is 0.704. The van der Waals surface area contributed by atoms with Crippen LogP contribution in [0.3, 0.4) is 0 Å². The summed E-state index contributed by atoms with van der Waals surface area (Å²) in [6, 6.07) is 6.09. The topological polar surface area (TPSA) is 29.3 Å². The minimum absolute atomic E-state index is 0.514.